The molecule has 2 aromatic rings. The average Bonchev–Trinajstić information content (AvgIpc) is 3.18. The first-order chi connectivity index (χ1) is 11.6. The number of urea groups is 1. The van der Waals surface area contributed by atoms with Crippen molar-refractivity contribution in [3.63, 3.8) is 0 Å². The van der Waals surface area contributed by atoms with Crippen LogP contribution in [-0.2, 0) is 13.0 Å². The number of thiazole rings is 1. The van der Waals surface area contributed by atoms with Crippen molar-refractivity contribution in [1.82, 2.24) is 25.0 Å². The fourth-order valence-corrected chi connectivity index (χ4v) is 4.13. The minimum Gasteiger partial charge on any atom is -0.338 e. The second kappa shape index (κ2) is 7.79. The van der Waals surface area contributed by atoms with Crippen LogP contribution in [0.2, 0.25) is 0 Å². The quantitative estimate of drug-likeness (QED) is 0.904. The van der Waals surface area contributed by atoms with Crippen LogP contribution in [0.5, 0.6) is 0 Å². The second-order valence-electron chi connectivity index (χ2n) is 6.38. The molecule has 7 heteroatoms. The minimum absolute atomic E-state index is 0.0615. The van der Waals surface area contributed by atoms with Crippen LogP contribution >= 0.6 is 11.3 Å². The topological polar surface area (TPSA) is 63.1 Å². The van der Waals surface area contributed by atoms with Crippen LogP contribution in [0.15, 0.2) is 18.5 Å². The molecule has 1 N–H and O–H groups in total. The number of likely N-dealkylation sites (tertiary alicyclic amines) is 1. The van der Waals surface area contributed by atoms with Crippen molar-refractivity contribution in [1.29, 1.82) is 0 Å². The first-order valence-electron chi connectivity index (χ1n) is 8.55. The lowest BCUT2D eigenvalue weighted by Crippen LogP contribution is -2.45. The summed E-state index contributed by atoms with van der Waals surface area (Å²) in [6.45, 7) is 7.34. The van der Waals surface area contributed by atoms with Crippen LogP contribution < -0.4 is 5.32 Å². The summed E-state index contributed by atoms with van der Waals surface area (Å²) in [5, 5.41) is 8.40. The SMILES string of the molecule is Cc1nc(C)c(CCNC(=O)N2CCC(Cn3cccn3)CC2)s1. The van der Waals surface area contributed by atoms with Gasteiger partial charge in [0.1, 0.15) is 0 Å². The van der Waals surface area contributed by atoms with Gasteiger partial charge < -0.3 is 10.2 Å². The molecule has 1 aliphatic rings. The molecule has 3 heterocycles. The Balaban J connectivity index is 1.38. The van der Waals surface area contributed by atoms with Gasteiger partial charge in [-0.1, -0.05) is 0 Å². The third kappa shape index (κ3) is 4.35. The van der Waals surface area contributed by atoms with Gasteiger partial charge in [0.2, 0.25) is 0 Å². The highest BCUT2D eigenvalue weighted by Gasteiger charge is 2.23. The van der Waals surface area contributed by atoms with E-state index in [1.807, 2.05) is 41.9 Å². The maximum Gasteiger partial charge on any atom is 0.317 e. The fourth-order valence-electron chi connectivity index (χ4n) is 3.19. The molecule has 2 aromatic heterocycles. The van der Waals surface area contributed by atoms with Gasteiger partial charge in [-0.05, 0) is 38.7 Å². The van der Waals surface area contributed by atoms with E-state index in [0.29, 0.717) is 12.5 Å². The molecule has 3 rings (SSSR count). The number of nitrogens with one attached hydrogen (secondary N) is 1. The zero-order valence-electron chi connectivity index (χ0n) is 14.4. The summed E-state index contributed by atoms with van der Waals surface area (Å²) in [6, 6.07) is 2.01. The van der Waals surface area contributed by atoms with Gasteiger partial charge in [-0.25, -0.2) is 9.78 Å². The number of carbonyl (C=O) groups is 1. The van der Waals surface area contributed by atoms with Crippen molar-refractivity contribution >= 4 is 17.4 Å². The number of carbonyl (C=O) groups excluding carboxylic acids is 1. The normalized spacial score (nSPS) is 15.7. The summed E-state index contributed by atoms with van der Waals surface area (Å²) in [6.07, 6.45) is 6.76. The van der Waals surface area contributed by atoms with Crippen molar-refractivity contribution in [3.8, 4) is 0 Å². The second-order valence-corrected chi connectivity index (χ2v) is 7.67. The van der Waals surface area contributed by atoms with Crippen LogP contribution in [0.25, 0.3) is 0 Å². The zero-order valence-corrected chi connectivity index (χ0v) is 15.2. The summed E-state index contributed by atoms with van der Waals surface area (Å²) < 4.78 is 1.99. The molecule has 0 aliphatic carbocycles. The first-order valence-corrected chi connectivity index (χ1v) is 9.36. The van der Waals surface area contributed by atoms with E-state index in [-0.39, 0.29) is 6.03 Å². The summed E-state index contributed by atoms with van der Waals surface area (Å²) in [4.78, 5) is 19.9. The van der Waals surface area contributed by atoms with Crippen molar-refractivity contribution in [2.45, 2.75) is 39.7 Å². The Morgan fingerprint density at radius 3 is 2.79 bits per heavy atom. The van der Waals surface area contributed by atoms with Crippen molar-refractivity contribution < 1.29 is 4.79 Å². The molecule has 0 bridgehead atoms. The summed E-state index contributed by atoms with van der Waals surface area (Å²) in [7, 11) is 0. The predicted molar refractivity (Wildman–Crippen MR) is 95.2 cm³/mol. The Labute approximate surface area is 146 Å². The molecule has 6 nitrogen and oxygen atoms in total. The molecule has 0 unspecified atom stereocenters. The van der Waals surface area contributed by atoms with E-state index in [9.17, 15) is 4.79 Å². The molecule has 2 amide bonds. The molecular formula is C17H25N5OS. The lowest BCUT2D eigenvalue weighted by atomic mass is 9.97. The van der Waals surface area contributed by atoms with Crippen molar-refractivity contribution in [3.05, 3.63) is 34.0 Å². The van der Waals surface area contributed by atoms with Crippen molar-refractivity contribution in [2.75, 3.05) is 19.6 Å². The van der Waals surface area contributed by atoms with Gasteiger partial charge in [0, 0.05) is 49.9 Å². The van der Waals surface area contributed by atoms with Crippen LogP contribution in [-0.4, -0.2) is 45.3 Å². The highest BCUT2D eigenvalue weighted by Crippen LogP contribution is 2.19. The Hall–Kier alpha value is -1.89. The molecule has 0 radical (unpaired) electrons. The number of hydrogen-bond acceptors (Lipinski definition) is 4. The van der Waals surface area contributed by atoms with E-state index in [1.165, 1.54) is 4.88 Å². The van der Waals surface area contributed by atoms with Crippen LogP contribution in [0, 0.1) is 19.8 Å². The van der Waals surface area contributed by atoms with E-state index >= 15 is 0 Å². The maximum absolute atomic E-state index is 12.3. The molecule has 0 spiro atoms. The van der Waals surface area contributed by atoms with Gasteiger partial charge in [0.05, 0.1) is 10.7 Å². The third-order valence-electron chi connectivity index (χ3n) is 4.53. The lowest BCUT2D eigenvalue weighted by Gasteiger charge is -2.32. The highest BCUT2D eigenvalue weighted by atomic mass is 32.1. The van der Waals surface area contributed by atoms with Gasteiger partial charge >= 0.3 is 6.03 Å². The average molecular weight is 347 g/mol. The Morgan fingerprint density at radius 2 is 2.17 bits per heavy atom. The summed E-state index contributed by atoms with van der Waals surface area (Å²) in [5.74, 6) is 0.608. The Bertz CT molecular complexity index is 659. The van der Waals surface area contributed by atoms with E-state index in [4.69, 9.17) is 0 Å². The smallest absolute Gasteiger partial charge is 0.317 e. The number of hydrogen-bond donors (Lipinski definition) is 1. The molecule has 0 aromatic carbocycles. The van der Waals surface area contributed by atoms with E-state index < -0.39 is 0 Å². The highest BCUT2D eigenvalue weighted by molar-refractivity contribution is 7.11. The van der Waals surface area contributed by atoms with E-state index in [0.717, 1.165) is 49.6 Å². The minimum atomic E-state index is 0.0615. The molecule has 24 heavy (non-hydrogen) atoms. The molecule has 1 fully saturated rings. The van der Waals surface area contributed by atoms with Crippen molar-refractivity contribution in [2.24, 2.45) is 5.92 Å². The molecule has 1 aliphatic heterocycles. The molecule has 0 saturated carbocycles. The van der Waals surface area contributed by atoms with Gasteiger partial charge in [-0.2, -0.15) is 5.10 Å². The number of aryl methyl sites for hydroxylation is 2. The number of piperidine rings is 1. The molecular weight excluding hydrogens is 322 g/mol. The molecule has 0 atom stereocenters. The summed E-state index contributed by atoms with van der Waals surface area (Å²) in [5.41, 5.74) is 1.09. The largest absolute Gasteiger partial charge is 0.338 e. The number of rotatable bonds is 5. The van der Waals surface area contributed by atoms with Crippen LogP contribution in [0.1, 0.15) is 28.4 Å². The van der Waals surface area contributed by atoms with Crippen LogP contribution in [0.3, 0.4) is 0 Å². The number of nitrogens with zero attached hydrogens (tertiary/aromatic N) is 4. The van der Waals surface area contributed by atoms with E-state index in [2.05, 4.69) is 15.4 Å². The molecule has 1 saturated heterocycles. The summed E-state index contributed by atoms with van der Waals surface area (Å²) >= 11 is 1.72. The lowest BCUT2D eigenvalue weighted by molar-refractivity contribution is 0.164. The Morgan fingerprint density at radius 1 is 1.38 bits per heavy atom. The van der Waals surface area contributed by atoms with Gasteiger partial charge in [0.25, 0.3) is 0 Å². The van der Waals surface area contributed by atoms with E-state index in [1.54, 1.807) is 11.3 Å². The number of amides is 2. The Kier molecular flexibility index (Phi) is 5.50. The monoisotopic (exact) mass is 347 g/mol. The van der Waals surface area contributed by atoms with Gasteiger partial charge in [-0.15, -0.1) is 11.3 Å². The standard InChI is InChI=1S/C17H25N5OS/c1-13-16(24-14(2)20-13)4-8-18-17(23)21-10-5-15(6-11-21)12-22-9-3-7-19-22/h3,7,9,15H,4-6,8,10-12H2,1-2H3,(H,18,23). The van der Waals surface area contributed by atoms with Gasteiger partial charge in [0.15, 0.2) is 0 Å². The fraction of sp³-hybridized carbons (Fsp3) is 0.588. The predicted octanol–water partition coefficient (Wildman–Crippen LogP) is 2.62. The van der Waals surface area contributed by atoms with Gasteiger partial charge in [-0.3, -0.25) is 4.68 Å². The number of aromatic nitrogens is 3. The molecule has 130 valence electrons. The maximum atomic E-state index is 12.3. The first kappa shape index (κ1) is 17.0. The third-order valence-corrected chi connectivity index (χ3v) is 5.67. The zero-order chi connectivity index (χ0) is 16.9. The van der Waals surface area contributed by atoms with Crippen LogP contribution in [0.4, 0.5) is 4.79 Å².